The monoisotopic (exact) mass is 563 g/mol. The summed E-state index contributed by atoms with van der Waals surface area (Å²) in [6.07, 6.45) is 2.25. The maximum Gasteiger partial charge on any atom is 0.326 e. The first-order chi connectivity index (χ1) is 18.9. The summed E-state index contributed by atoms with van der Waals surface area (Å²) in [6, 6.07) is 23.5. The normalized spacial score (nSPS) is 11.8. The van der Waals surface area contributed by atoms with Gasteiger partial charge in [0.05, 0.1) is 6.61 Å². The van der Waals surface area contributed by atoms with E-state index in [1.165, 1.54) is 0 Å². The summed E-state index contributed by atoms with van der Waals surface area (Å²) >= 11 is 7.51. The number of furan rings is 1. The zero-order chi connectivity index (χ0) is 27.8. The van der Waals surface area contributed by atoms with E-state index in [0.717, 1.165) is 33.6 Å². The third kappa shape index (κ3) is 7.53. The van der Waals surface area contributed by atoms with Crippen LogP contribution in [0, 0.1) is 6.92 Å². The maximum absolute atomic E-state index is 13.2. The highest BCUT2D eigenvalue weighted by Crippen LogP contribution is 2.29. The van der Waals surface area contributed by atoms with E-state index in [9.17, 15) is 14.7 Å². The molecular weight excluding hydrogens is 534 g/mol. The predicted octanol–water partition coefficient (Wildman–Crippen LogP) is 7.23. The lowest BCUT2D eigenvalue weighted by molar-refractivity contribution is -0.139. The zero-order valence-electron chi connectivity index (χ0n) is 21.8. The lowest BCUT2D eigenvalue weighted by Crippen LogP contribution is -2.41. The van der Waals surface area contributed by atoms with Gasteiger partial charge in [0.25, 0.3) is 5.91 Å². The molecule has 0 spiro atoms. The quantitative estimate of drug-likeness (QED) is 0.189. The average Bonchev–Trinajstić information content (AvgIpc) is 3.40. The molecular formula is C31H30ClNO5S. The van der Waals surface area contributed by atoms with Crippen LogP contribution in [-0.2, 0) is 22.7 Å². The Bertz CT molecular complexity index is 1430. The highest BCUT2D eigenvalue weighted by molar-refractivity contribution is 7.98. The van der Waals surface area contributed by atoms with E-state index in [1.54, 1.807) is 17.8 Å². The molecule has 8 heteroatoms. The summed E-state index contributed by atoms with van der Waals surface area (Å²) in [7, 11) is 0. The number of ether oxygens (including phenoxy) is 1. The van der Waals surface area contributed by atoms with Crippen LogP contribution in [0.4, 0.5) is 0 Å². The van der Waals surface area contributed by atoms with Crippen molar-refractivity contribution < 1.29 is 23.8 Å². The molecule has 0 bridgehead atoms. The van der Waals surface area contributed by atoms with Gasteiger partial charge in [-0.05, 0) is 96.1 Å². The Morgan fingerprint density at radius 1 is 1.00 bits per heavy atom. The van der Waals surface area contributed by atoms with Crippen LogP contribution in [0.2, 0.25) is 5.02 Å². The van der Waals surface area contributed by atoms with E-state index in [2.05, 4.69) is 5.32 Å². The molecule has 0 saturated carbocycles. The summed E-state index contributed by atoms with van der Waals surface area (Å²) in [6.45, 7) is 2.57. The number of benzene rings is 3. The molecule has 1 atom stereocenters. The number of aryl methyl sites for hydroxylation is 1. The van der Waals surface area contributed by atoms with Gasteiger partial charge in [0.15, 0.2) is 0 Å². The second-order valence-electron chi connectivity index (χ2n) is 9.11. The summed E-state index contributed by atoms with van der Waals surface area (Å²) < 4.78 is 11.9. The summed E-state index contributed by atoms with van der Waals surface area (Å²) in [5.74, 6) is 0.603. The van der Waals surface area contributed by atoms with Crippen LogP contribution in [-0.4, -0.2) is 35.0 Å². The largest absolute Gasteiger partial charge is 0.480 e. The number of halogens is 1. The third-order valence-electron chi connectivity index (χ3n) is 6.28. The number of carboxylic acid groups (broad SMARTS) is 1. The Kier molecular flexibility index (Phi) is 9.87. The first-order valence-corrected chi connectivity index (χ1v) is 14.3. The standard InChI is InChI=1S/C31H30ClNO5S/c1-20-5-3-4-6-25(20)27-17-21(7-13-26(27)30(34)33-28(31(35)36)15-16-39-2)18-37-19-24-12-14-29(38-24)22-8-10-23(32)11-9-22/h3-14,17,28H,15-16,18-19H2,1-2H3,(H,33,34)(H,35,36). The lowest BCUT2D eigenvalue weighted by atomic mass is 9.93. The minimum atomic E-state index is -1.04. The molecule has 0 aliphatic rings. The minimum Gasteiger partial charge on any atom is -0.480 e. The topological polar surface area (TPSA) is 88.8 Å². The summed E-state index contributed by atoms with van der Waals surface area (Å²) in [4.78, 5) is 25.0. The van der Waals surface area contributed by atoms with Gasteiger partial charge in [0.2, 0.25) is 0 Å². The van der Waals surface area contributed by atoms with Gasteiger partial charge in [-0.1, -0.05) is 41.9 Å². The summed E-state index contributed by atoms with van der Waals surface area (Å²) in [5.41, 5.74) is 4.87. The fraction of sp³-hybridized carbons (Fsp3) is 0.226. The first-order valence-electron chi connectivity index (χ1n) is 12.5. The van der Waals surface area contributed by atoms with Gasteiger partial charge in [-0.25, -0.2) is 4.79 Å². The number of hydrogen-bond donors (Lipinski definition) is 2. The highest BCUT2D eigenvalue weighted by Gasteiger charge is 2.22. The molecule has 39 heavy (non-hydrogen) atoms. The molecule has 0 fully saturated rings. The molecule has 202 valence electrons. The van der Waals surface area contributed by atoms with Crippen LogP contribution in [0.3, 0.4) is 0 Å². The van der Waals surface area contributed by atoms with Crippen LogP contribution >= 0.6 is 23.4 Å². The van der Waals surface area contributed by atoms with Crippen molar-refractivity contribution in [2.45, 2.75) is 32.6 Å². The molecule has 1 aromatic heterocycles. The number of aliphatic carboxylic acids is 1. The molecule has 6 nitrogen and oxygen atoms in total. The fourth-order valence-electron chi connectivity index (χ4n) is 4.20. The van der Waals surface area contributed by atoms with Gasteiger partial charge in [-0.15, -0.1) is 0 Å². The van der Waals surface area contributed by atoms with E-state index in [-0.39, 0.29) is 6.61 Å². The van der Waals surface area contributed by atoms with Gasteiger partial charge in [-0.3, -0.25) is 4.79 Å². The van der Waals surface area contributed by atoms with Crippen molar-refractivity contribution in [3.63, 3.8) is 0 Å². The van der Waals surface area contributed by atoms with E-state index >= 15 is 0 Å². The van der Waals surface area contributed by atoms with E-state index in [4.69, 9.17) is 20.8 Å². The molecule has 0 aliphatic carbocycles. The molecule has 0 radical (unpaired) electrons. The summed E-state index contributed by atoms with van der Waals surface area (Å²) in [5, 5.41) is 12.9. The number of amides is 1. The van der Waals surface area contributed by atoms with E-state index in [1.807, 2.05) is 86.0 Å². The van der Waals surface area contributed by atoms with Crippen LogP contribution in [0.5, 0.6) is 0 Å². The van der Waals surface area contributed by atoms with Gasteiger partial charge < -0.3 is 19.6 Å². The molecule has 1 unspecified atom stereocenters. The van der Waals surface area contributed by atoms with Gasteiger partial charge in [-0.2, -0.15) is 11.8 Å². The molecule has 4 rings (SSSR count). The van der Waals surface area contributed by atoms with Gasteiger partial charge in [0.1, 0.15) is 24.2 Å². The second-order valence-corrected chi connectivity index (χ2v) is 10.5. The molecule has 3 aromatic carbocycles. The van der Waals surface area contributed by atoms with Crippen LogP contribution in [0.15, 0.2) is 83.3 Å². The van der Waals surface area contributed by atoms with Crippen LogP contribution in [0.25, 0.3) is 22.5 Å². The lowest BCUT2D eigenvalue weighted by Gasteiger charge is -2.17. The Morgan fingerprint density at radius 2 is 1.77 bits per heavy atom. The number of hydrogen-bond acceptors (Lipinski definition) is 5. The Labute approximate surface area is 237 Å². The molecule has 2 N–H and O–H groups in total. The van der Waals surface area contributed by atoms with Gasteiger partial charge >= 0.3 is 5.97 Å². The average molecular weight is 564 g/mol. The smallest absolute Gasteiger partial charge is 0.326 e. The molecule has 1 heterocycles. The minimum absolute atomic E-state index is 0.283. The van der Waals surface area contributed by atoms with Crippen molar-refractivity contribution in [3.8, 4) is 22.5 Å². The third-order valence-corrected chi connectivity index (χ3v) is 7.18. The number of nitrogens with one attached hydrogen (secondary N) is 1. The number of carbonyl (C=O) groups is 2. The first kappa shape index (κ1) is 28.5. The molecule has 1 amide bonds. The van der Waals surface area contributed by atoms with Crippen LogP contribution in [0.1, 0.15) is 33.7 Å². The van der Waals surface area contributed by atoms with Crippen molar-refractivity contribution in [2.24, 2.45) is 0 Å². The predicted molar refractivity (Wildman–Crippen MR) is 156 cm³/mol. The van der Waals surface area contributed by atoms with Crippen molar-refractivity contribution in [2.75, 3.05) is 12.0 Å². The number of rotatable bonds is 12. The molecule has 0 saturated heterocycles. The molecule has 0 aliphatic heterocycles. The Morgan fingerprint density at radius 3 is 2.49 bits per heavy atom. The Hall–Kier alpha value is -3.52. The highest BCUT2D eigenvalue weighted by atomic mass is 35.5. The second kappa shape index (κ2) is 13.5. The zero-order valence-corrected chi connectivity index (χ0v) is 23.4. The maximum atomic E-state index is 13.2. The number of thioether (sulfide) groups is 1. The fourth-order valence-corrected chi connectivity index (χ4v) is 4.80. The van der Waals surface area contributed by atoms with Gasteiger partial charge in [0, 0.05) is 16.1 Å². The SMILES string of the molecule is CSCCC(NC(=O)c1ccc(COCc2ccc(-c3ccc(Cl)cc3)o2)cc1-c1ccccc1C)C(=O)O. The Balaban J connectivity index is 1.50. The van der Waals surface area contributed by atoms with Crippen molar-refractivity contribution in [3.05, 3.63) is 106 Å². The number of carboxylic acids is 1. The molecule has 4 aromatic rings. The number of carbonyl (C=O) groups excluding carboxylic acids is 1. The van der Waals surface area contributed by atoms with Crippen molar-refractivity contribution in [1.82, 2.24) is 5.32 Å². The van der Waals surface area contributed by atoms with Crippen molar-refractivity contribution >= 4 is 35.2 Å². The van der Waals surface area contributed by atoms with E-state index < -0.39 is 17.9 Å². The van der Waals surface area contributed by atoms with Crippen LogP contribution < -0.4 is 5.32 Å². The van der Waals surface area contributed by atoms with E-state index in [0.29, 0.717) is 35.1 Å². The van der Waals surface area contributed by atoms with Crippen molar-refractivity contribution in [1.29, 1.82) is 0 Å².